The van der Waals surface area contributed by atoms with Gasteiger partial charge in [0.25, 0.3) is 0 Å². The van der Waals surface area contributed by atoms with Gasteiger partial charge in [-0.1, -0.05) is 12.1 Å². The molecular formula is C22H33N3O5. The van der Waals surface area contributed by atoms with Crippen molar-refractivity contribution in [2.75, 3.05) is 26.7 Å². The van der Waals surface area contributed by atoms with Crippen molar-refractivity contribution >= 4 is 17.9 Å². The molecule has 0 unspecified atom stereocenters. The number of hydrogen-bond acceptors (Lipinski definition) is 5. The Morgan fingerprint density at radius 3 is 2.50 bits per heavy atom. The standard InChI is InChI=1S/C22H33N3O5/c1-22(2,3)30-21(28)23-11-8-19(26)24-17-9-12-25(13-10-17)20(27)15-16-6-5-7-18(14-16)29-4/h5-7,14,17H,8-13,15H2,1-4H3,(H,23,28)(H,24,26). The normalized spacial score (nSPS) is 14.7. The minimum atomic E-state index is -0.565. The molecular weight excluding hydrogens is 386 g/mol. The molecule has 1 aliphatic heterocycles. The Morgan fingerprint density at radius 1 is 1.17 bits per heavy atom. The molecule has 1 fully saturated rings. The molecule has 0 aromatic heterocycles. The summed E-state index contributed by atoms with van der Waals surface area (Å²) in [6.07, 6.45) is 1.43. The molecule has 2 N–H and O–H groups in total. The molecule has 8 heteroatoms. The number of hydrogen-bond donors (Lipinski definition) is 2. The van der Waals surface area contributed by atoms with Gasteiger partial charge in [0.2, 0.25) is 11.8 Å². The fourth-order valence-electron chi connectivity index (χ4n) is 3.23. The van der Waals surface area contributed by atoms with Crippen LogP contribution in [-0.4, -0.2) is 61.2 Å². The average Bonchev–Trinajstić information content (AvgIpc) is 2.67. The summed E-state index contributed by atoms with van der Waals surface area (Å²) in [5.74, 6) is 0.699. The van der Waals surface area contributed by atoms with E-state index in [1.807, 2.05) is 29.2 Å². The molecule has 1 aromatic rings. The van der Waals surface area contributed by atoms with E-state index in [-0.39, 0.29) is 30.8 Å². The number of ether oxygens (including phenoxy) is 2. The molecule has 0 spiro atoms. The number of benzene rings is 1. The maximum atomic E-state index is 12.5. The highest BCUT2D eigenvalue weighted by Crippen LogP contribution is 2.16. The summed E-state index contributed by atoms with van der Waals surface area (Å²) in [5, 5.41) is 5.56. The van der Waals surface area contributed by atoms with Crippen LogP contribution in [0.2, 0.25) is 0 Å². The third-order valence-corrected chi connectivity index (χ3v) is 4.72. The molecule has 0 bridgehead atoms. The minimum Gasteiger partial charge on any atom is -0.497 e. The lowest BCUT2D eigenvalue weighted by Crippen LogP contribution is -2.47. The highest BCUT2D eigenvalue weighted by Gasteiger charge is 2.24. The van der Waals surface area contributed by atoms with Crippen molar-refractivity contribution in [3.63, 3.8) is 0 Å². The molecule has 1 aliphatic rings. The van der Waals surface area contributed by atoms with E-state index in [4.69, 9.17) is 9.47 Å². The number of alkyl carbamates (subject to hydrolysis) is 1. The Bertz CT molecular complexity index is 737. The fraction of sp³-hybridized carbons (Fsp3) is 0.591. The van der Waals surface area contributed by atoms with Crippen molar-refractivity contribution in [2.24, 2.45) is 0 Å². The number of rotatable bonds is 7. The Balaban J connectivity index is 1.66. The number of methoxy groups -OCH3 is 1. The third-order valence-electron chi connectivity index (χ3n) is 4.72. The van der Waals surface area contributed by atoms with Crippen LogP contribution in [0.1, 0.15) is 45.6 Å². The van der Waals surface area contributed by atoms with Crippen LogP contribution in [0.4, 0.5) is 4.79 Å². The zero-order valence-electron chi connectivity index (χ0n) is 18.3. The number of carbonyl (C=O) groups is 3. The quantitative estimate of drug-likeness (QED) is 0.707. The largest absolute Gasteiger partial charge is 0.497 e. The summed E-state index contributed by atoms with van der Waals surface area (Å²) in [7, 11) is 1.60. The van der Waals surface area contributed by atoms with Crippen molar-refractivity contribution in [3.05, 3.63) is 29.8 Å². The van der Waals surface area contributed by atoms with E-state index in [0.29, 0.717) is 19.5 Å². The second kappa shape index (κ2) is 10.8. The topological polar surface area (TPSA) is 97.0 Å². The monoisotopic (exact) mass is 419 g/mol. The van der Waals surface area contributed by atoms with Gasteiger partial charge in [-0.05, 0) is 51.3 Å². The Labute approximate surface area is 178 Å². The highest BCUT2D eigenvalue weighted by molar-refractivity contribution is 5.79. The van der Waals surface area contributed by atoms with Crippen LogP contribution in [0, 0.1) is 0 Å². The van der Waals surface area contributed by atoms with Gasteiger partial charge in [0.1, 0.15) is 11.4 Å². The Kier molecular flexibility index (Phi) is 8.50. The molecule has 8 nitrogen and oxygen atoms in total. The molecule has 0 aliphatic carbocycles. The van der Waals surface area contributed by atoms with Crippen LogP contribution in [0.25, 0.3) is 0 Å². The Morgan fingerprint density at radius 2 is 1.87 bits per heavy atom. The molecule has 0 saturated carbocycles. The van der Waals surface area contributed by atoms with Crippen molar-refractivity contribution in [1.29, 1.82) is 0 Å². The zero-order chi connectivity index (χ0) is 22.1. The number of carbonyl (C=O) groups excluding carboxylic acids is 3. The molecule has 2 rings (SSSR count). The van der Waals surface area contributed by atoms with Crippen LogP contribution in [0.3, 0.4) is 0 Å². The van der Waals surface area contributed by atoms with E-state index in [0.717, 1.165) is 24.2 Å². The van der Waals surface area contributed by atoms with E-state index in [9.17, 15) is 14.4 Å². The molecule has 3 amide bonds. The molecule has 1 saturated heterocycles. The van der Waals surface area contributed by atoms with E-state index in [1.54, 1.807) is 27.9 Å². The highest BCUT2D eigenvalue weighted by atomic mass is 16.6. The van der Waals surface area contributed by atoms with Gasteiger partial charge in [-0.3, -0.25) is 9.59 Å². The SMILES string of the molecule is COc1cccc(CC(=O)N2CCC(NC(=O)CCNC(=O)OC(C)(C)C)CC2)c1. The molecule has 1 heterocycles. The van der Waals surface area contributed by atoms with Crippen molar-refractivity contribution in [2.45, 2.75) is 58.1 Å². The van der Waals surface area contributed by atoms with Crippen LogP contribution in [-0.2, 0) is 20.7 Å². The summed E-state index contributed by atoms with van der Waals surface area (Å²) >= 11 is 0. The molecule has 166 valence electrons. The first-order valence-corrected chi connectivity index (χ1v) is 10.3. The first kappa shape index (κ1) is 23.5. The maximum absolute atomic E-state index is 12.5. The van der Waals surface area contributed by atoms with Gasteiger partial charge < -0.3 is 25.0 Å². The lowest BCUT2D eigenvalue weighted by molar-refractivity contribution is -0.131. The van der Waals surface area contributed by atoms with Gasteiger partial charge in [-0.25, -0.2) is 4.79 Å². The van der Waals surface area contributed by atoms with Crippen molar-refractivity contribution < 1.29 is 23.9 Å². The van der Waals surface area contributed by atoms with E-state index < -0.39 is 11.7 Å². The van der Waals surface area contributed by atoms with Crippen LogP contribution in [0.5, 0.6) is 5.75 Å². The van der Waals surface area contributed by atoms with E-state index in [1.165, 1.54) is 0 Å². The zero-order valence-corrected chi connectivity index (χ0v) is 18.3. The van der Waals surface area contributed by atoms with Crippen LogP contribution >= 0.6 is 0 Å². The van der Waals surface area contributed by atoms with Crippen LogP contribution < -0.4 is 15.4 Å². The van der Waals surface area contributed by atoms with Gasteiger partial charge in [0, 0.05) is 32.1 Å². The number of piperidine rings is 1. The third kappa shape index (κ3) is 8.31. The first-order valence-electron chi connectivity index (χ1n) is 10.3. The van der Waals surface area contributed by atoms with Crippen molar-refractivity contribution in [1.82, 2.24) is 15.5 Å². The second-order valence-electron chi connectivity index (χ2n) is 8.43. The van der Waals surface area contributed by atoms with Gasteiger partial charge >= 0.3 is 6.09 Å². The summed E-state index contributed by atoms with van der Waals surface area (Å²) in [4.78, 5) is 38.1. The van der Waals surface area contributed by atoms with E-state index >= 15 is 0 Å². The summed E-state index contributed by atoms with van der Waals surface area (Å²) < 4.78 is 10.3. The lowest BCUT2D eigenvalue weighted by atomic mass is 10.0. The van der Waals surface area contributed by atoms with Gasteiger partial charge in [-0.2, -0.15) is 0 Å². The van der Waals surface area contributed by atoms with Crippen LogP contribution in [0.15, 0.2) is 24.3 Å². The lowest BCUT2D eigenvalue weighted by Gasteiger charge is -2.32. The summed E-state index contributed by atoms with van der Waals surface area (Å²) in [6, 6.07) is 7.56. The average molecular weight is 420 g/mol. The van der Waals surface area contributed by atoms with E-state index in [2.05, 4.69) is 10.6 Å². The van der Waals surface area contributed by atoms with Gasteiger partial charge in [0.15, 0.2) is 0 Å². The van der Waals surface area contributed by atoms with Gasteiger partial charge in [-0.15, -0.1) is 0 Å². The molecule has 0 radical (unpaired) electrons. The van der Waals surface area contributed by atoms with Gasteiger partial charge in [0.05, 0.1) is 13.5 Å². The number of amides is 3. The molecule has 0 atom stereocenters. The predicted molar refractivity (Wildman–Crippen MR) is 113 cm³/mol. The summed E-state index contributed by atoms with van der Waals surface area (Å²) in [6.45, 7) is 6.81. The number of likely N-dealkylation sites (tertiary alicyclic amines) is 1. The maximum Gasteiger partial charge on any atom is 0.407 e. The Hall–Kier alpha value is -2.77. The minimum absolute atomic E-state index is 0.0416. The second-order valence-corrected chi connectivity index (χ2v) is 8.43. The predicted octanol–water partition coefficient (Wildman–Crippen LogP) is 2.26. The number of nitrogens with zero attached hydrogens (tertiary/aromatic N) is 1. The summed E-state index contributed by atoms with van der Waals surface area (Å²) in [5.41, 5.74) is 0.358. The number of nitrogens with one attached hydrogen (secondary N) is 2. The van der Waals surface area contributed by atoms with Crippen molar-refractivity contribution in [3.8, 4) is 5.75 Å². The molecule has 1 aromatic carbocycles. The smallest absolute Gasteiger partial charge is 0.407 e. The first-order chi connectivity index (χ1) is 14.2. The molecule has 30 heavy (non-hydrogen) atoms. The fourth-order valence-corrected chi connectivity index (χ4v) is 3.23.